The summed E-state index contributed by atoms with van der Waals surface area (Å²) < 4.78 is 6.55. The van der Waals surface area contributed by atoms with Gasteiger partial charge in [-0.15, -0.1) is 22.7 Å². The van der Waals surface area contributed by atoms with E-state index in [1.807, 2.05) is 24.3 Å². The van der Waals surface area contributed by atoms with E-state index < -0.39 is 0 Å². The summed E-state index contributed by atoms with van der Waals surface area (Å²) in [6.07, 6.45) is 0. The minimum Gasteiger partial charge on any atom is -0.497 e. The fourth-order valence-electron chi connectivity index (χ4n) is 3.59. The highest BCUT2D eigenvalue weighted by Crippen LogP contribution is 2.43. The molecule has 0 amide bonds. The molecular weight excluding hydrogens is 398 g/mol. The molecule has 5 aromatic rings. The molecular formula is C24H19NO2S2. The van der Waals surface area contributed by atoms with Crippen molar-refractivity contribution in [2.24, 2.45) is 0 Å². The van der Waals surface area contributed by atoms with Crippen molar-refractivity contribution in [1.29, 1.82) is 0 Å². The second-order valence-corrected chi connectivity index (χ2v) is 9.16. The van der Waals surface area contributed by atoms with E-state index in [1.54, 1.807) is 29.8 Å². The van der Waals surface area contributed by atoms with Gasteiger partial charge in [-0.05, 0) is 46.0 Å². The maximum atomic E-state index is 10.6. The quantitative estimate of drug-likeness (QED) is 0.341. The monoisotopic (exact) mass is 417 g/mol. The number of benzene rings is 3. The standard InChI is InChI=1S/C24H19NO2S2/c1-14(15-7-8-17-12-19(27-2)10-9-16(17)11-15)22-23(26)25-24(29-22)21-13-18-5-3-4-6-20(18)28-21/h3-14,26H,1-2H3. The highest BCUT2D eigenvalue weighted by Gasteiger charge is 2.20. The number of nitrogens with zero attached hydrogens (tertiary/aromatic N) is 1. The van der Waals surface area contributed by atoms with E-state index >= 15 is 0 Å². The van der Waals surface area contributed by atoms with Gasteiger partial charge in [0, 0.05) is 10.6 Å². The lowest BCUT2D eigenvalue weighted by atomic mass is 9.96. The van der Waals surface area contributed by atoms with Crippen LogP contribution in [-0.4, -0.2) is 17.2 Å². The summed E-state index contributed by atoms with van der Waals surface area (Å²) in [5.74, 6) is 1.04. The molecule has 1 unspecified atom stereocenters. The number of rotatable bonds is 4. The van der Waals surface area contributed by atoms with E-state index in [9.17, 15) is 5.11 Å². The van der Waals surface area contributed by atoms with E-state index in [1.165, 1.54) is 10.1 Å². The summed E-state index contributed by atoms with van der Waals surface area (Å²) >= 11 is 3.28. The SMILES string of the molecule is COc1ccc2cc(C(C)c3sc(-c4cc5ccccc5s4)nc3O)ccc2c1. The van der Waals surface area contributed by atoms with Crippen LogP contribution in [0.1, 0.15) is 23.3 Å². The van der Waals surface area contributed by atoms with Gasteiger partial charge in [-0.1, -0.05) is 49.4 Å². The van der Waals surface area contributed by atoms with Crippen LogP contribution in [0.25, 0.3) is 30.7 Å². The molecule has 2 heterocycles. The van der Waals surface area contributed by atoms with Gasteiger partial charge in [0.2, 0.25) is 5.88 Å². The van der Waals surface area contributed by atoms with Crippen molar-refractivity contribution in [3.8, 4) is 21.5 Å². The molecule has 29 heavy (non-hydrogen) atoms. The summed E-state index contributed by atoms with van der Waals surface area (Å²) in [6, 6.07) is 22.9. The maximum absolute atomic E-state index is 10.6. The molecule has 0 aliphatic carbocycles. The van der Waals surface area contributed by atoms with Crippen LogP contribution in [0.3, 0.4) is 0 Å². The lowest BCUT2D eigenvalue weighted by Crippen LogP contribution is -1.94. The third kappa shape index (κ3) is 3.26. The zero-order valence-corrected chi connectivity index (χ0v) is 17.7. The molecule has 0 radical (unpaired) electrons. The Morgan fingerprint density at radius 2 is 1.69 bits per heavy atom. The highest BCUT2D eigenvalue weighted by atomic mass is 32.1. The second-order valence-electron chi connectivity index (χ2n) is 7.05. The first-order valence-corrected chi connectivity index (χ1v) is 11.0. The van der Waals surface area contributed by atoms with Gasteiger partial charge in [-0.2, -0.15) is 0 Å². The molecule has 5 heteroatoms. The number of aromatic hydroxyl groups is 1. The van der Waals surface area contributed by atoms with Crippen molar-refractivity contribution >= 4 is 43.5 Å². The van der Waals surface area contributed by atoms with Gasteiger partial charge in [0.1, 0.15) is 10.8 Å². The van der Waals surface area contributed by atoms with Crippen molar-refractivity contribution in [2.45, 2.75) is 12.8 Å². The number of ether oxygens (including phenoxy) is 1. The third-order valence-corrected chi connectivity index (χ3v) is 7.75. The largest absolute Gasteiger partial charge is 0.497 e. The number of fused-ring (bicyclic) bond motifs is 2. The lowest BCUT2D eigenvalue weighted by molar-refractivity contribution is 0.415. The van der Waals surface area contributed by atoms with Gasteiger partial charge in [0.05, 0.1) is 16.9 Å². The minimum absolute atomic E-state index is 0.0575. The number of aromatic nitrogens is 1. The Labute approximate surface area is 176 Å². The van der Waals surface area contributed by atoms with E-state index in [4.69, 9.17) is 4.74 Å². The molecule has 0 aliphatic rings. The normalized spacial score (nSPS) is 12.5. The maximum Gasteiger partial charge on any atom is 0.226 e. The first-order chi connectivity index (χ1) is 14.1. The molecule has 144 valence electrons. The molecule has 0 bridgehead atoms. The summed E-state index contributed by atoms with van der Waals surface area (Å²) in [7, 11) is 1.68. The van der Waals surface area contributed by atoms with Gasteiger partial charge >= 0.3 is 0 Å². The number of thiophene rings is 1. The average molecular weight is 418 g/mol. The molecule has 0 spiro atoms. The molecule has 0 fully saturated rings. The molecule has 0 aliphatic heterocycles. The van der Waals surface area contributed by atoms with Crippen LogP contribution in [0.15, 0.2) is 66.7 Å². The molecule has 0 saturated carbocycles. The van der Waals surface area contributed by atoms with Crippen molar-refractivity contribution < 1.29 is 9.84 Å². The Morgan fingerprint density at radius 3 is 2.52 bits per heavy atom. The van der Waals surface area contributed by atoms with E-state index in [0.717, 1.165) is 36.8 Å². The van der Waals surface area contributed by atoms with Gasteiger partial charge in [0.25, 0.3) is 0 Å². The topological polar surface area (TPSA) is 42.4 Å². The second kappa shape index (κ2) is 7.17. The first-order valence-electron chi connectivity index (χ1n) is 9.39. The van der Waals surface area contributed by atoms with E-state index in [0.29, 0.717) is 0 Å². The number of methoxy groups -OCH3 is 1. The minimum atomic E-state index is 0.0575. The Bertz CT molecular complexity index is 1300. The van der Waals surface area contributed by atoms with Crippen molar-refractivity contribution in [1.82, 2.24) is 4.98 Å². The highest BCUT2D eigenvalue weighted by molar-refractivity contribution is 7.26. The zero-order chi connectivity index (χ0) is 20.0. The van der Waals surface area contributed by atoms with Gasteiger partial charge in [-0.25, -0.2) is 4.98 Å². The Hall–Kier alpha value is -2.89. The predicted octanol–water partition coefficient (Wildman–Crippen LogP) is 7.04. The Kier molecular flexibility index (Phi) is 4.49. The number of hydrogen-bond acceptors (Lipinski definition) is 5. The fraction of sp³-hybridized carbons (Fsp3) is 0.125. The van der Waals surface area contributed by atoms with Crippen LogP contribution < -0.4 is 4.74 Å². The van der Waals surface area contributed by atoms with Crippen LogP contribution in [-0.2, 0) is 0 Å². The average Bonchev–Trinajstić information content (AvgIpc) is 3.35. The van der Waals surface area contributed by atoms with Crippen LogP contribution >= 0.6 is 22.7 Å². The molecule has 5 rings (SSSR count). The molecule has 2 aromatic heterocycles. The zero-order valence-electron chi connectivity index (χ0n) is 16.0. The van der Waals surface area contributed by atoms with Crippen LogP contribution in [0.5, 0.6) is 11.6 Å². The van der Waals surface area contributed by atoms with E-state index in [-0.39, 0.29) is 11.8 Å². The summed E-state index contributed by atoms with van der Waals surface area (Å²) in [6.45, 7) is 2.12. The fourth-order valence-corrected chi connectivity index (χ4v) is 5.74. The smallest absolute Gasteiger partial charge is 0.226 e. The van der Waals surface area contributed by atoms with Gasteiger partial charge in [0.15, 0.2) is 0 Å². The van der Waals surface area contributed by atoms with Crippen molar-refractivity contribution in [2.75, 3.05) is 7.11 Å². The molecule has 1 atom stereocenters. The lowest BCUT2D eigenvalue weighted by Gasteiger charge is -2.11. The molecule has 3 aromatic carbocycles. The van der Waals surface area contributed by atoms with Crippen molar-refractivity contribution in [3.63, 3.8) is 0 Å². The number of hydrogen-bond donors (Lipinski definition) is 1. The molecule has 1 N–H and O–H groups in total. The molecule has 0 saturated heterocycles. The predicted molar refractivity (Wildman–Crippen MR) is 123 cm³/mol. The van der Waals surface area contributed by atoms with E-state index in [2.05, 4.69) is 54.4 Å². The van der Waals surface area contributed by atoms with Gasteiger partial charge in [-0.3, -0.25) is 0 Å². The summed E-state index contributed by atoms with van der Waals surface area (Å²) in [4.78, 5) is 6.46. The Balaban J connectivity index is 1.51. The summed E-state index contributed by atoms with van der Waals surface area (Å²) in [5, 5.41) is 14.9. The molecule has 3 nitrogen and oxygen atoms in total. The summed E-state index contributed by atoms with van der Waals surface area (Å²) in [5.41, 5.74) is 1.16. The van der Waals surface area contributed by atoms with Crippen LogP contribution in [0.2, 0.25) is 0 Å². The van der Waals surface area contributed by atoms with Gasteiger partial charge < -0.3 is 9.84 Å². The van der Waals surface area contributed by atoms with Crippen LogP contribution in [0.4, 0.5) is 0 Å². The third-order valence-electron chi connectivity index (χ3n) is 5.24. The number of thiazole rings is 1. The first kappa shape index (κ1) is 18.2. The Morgan fingerprint density at radius 1 is 0.897 bits per heavy atom. The van der Waals surface area contributed by atoms with Crippen molar-refractivity contribution in [3.05, 3.63) is 77.2 Å². The van der Waals surface area contributed by atoms with Crippen LogP contribution in [0, 0.1) is 0 Å².